The molecule has 0 spiro atoms. The van der Waals surface area contributed by atoms with Crippen LogP contribution in [0.3, 0.4) is 0 Å². The summed E-state index contributed by atoms with van der Waals surface area (Å²) in [5.41, 5.74) is 1.79. The number of carboxylic acid groups (broad SMARTS) is 1. The summed E-state index contributed by atoms with van der Waals surface area (Å²) in [6.45, 7) is 1.37. The average Bonchev–Trinajstić information content (AvgIpc) is 2.11. The van der Waals surface area contributed by atoms with Crippen molar-refractivity contribution in [3.63, 3.8) is 0 Å². The minimum absolute atomic E-state index is 0.406. The van der Waals surface area contributed by atoms with Gasteiger partial charge >= 0.3 is 12.1 Å². The van der Waals surface area contributed by atoms with Crippen molar-refractivity contribution in [3.8, 4) is 0 Å². The van der Waals surface area contributed by atoms with Gasteiger partial charge in [0, 0.05) is 6.54 Å². The van der Waals surface area contributed by atoms with Gasteiger partial charge in [0.05, 0.1) is 5.92 Å². The Kier molecular flexibility index (Phi) is 4.30. The molecule has 94 valence electrons. The van der Waals surface area contributed by atoms with Crippen LogP contribution < -0.4 is 11.1 Å². The Morgan fingerprint density at radius 3 is 2.19 bits per heavy atom. The van der Waals surface area contributed by atoms with Gasteiger partial charge in [-0.2, -0.15) is 13.2 Å². The molecule has 5 nitrogen and oxygen atoms in total. The standard InChI is InChI=1S/C8H13F3N2O3/c1-4(5(14)15)3-13-6(16)7(2,12)8(9,10)11/h4H,3,12H2,1-2H3,(H,13,16)(H,14,15). The number of carbonyl (C=O) groups excluding carboxylic acids is 1. The second-order valence-corrected chi connectivity index (χ2v) is 3.65. The van der Waals surface area contributed by atoms with Gasteiger partial charge in [0.25, 0.3) is 0 Å². The molecule has 0 saturated heterocycles. The molecule has 0 aliphatic heterocycles. The molecule has 2 atom stereocenters. The molecule has 0 bridgehead atoms. The second-order valence-electron chi connectivity index (χ2n) is 3.65. The van der Waals surface area contributed by atoms with Crippen LogP contribution in [0.2, 0.25) is 0 Å². The van der Waals surface area contributed by atoms with E-state index in [1.54, 1.807) is 0 Å². The van der Waals surface area contributed by atoms with Gasteiger partial charge in [0.2, 0.25) is 5.91 Å². The summed E-state index contributed by atoms with van der Waals surface area (Å²) in [5.74, 6) is -3.65. The van der Waals surface area contributed by atoms with E-state index >= 15 is 0 Å². The summed E-state index contributed by atoms with van der Waals surface area (Å²) in [7, 11) is 0. The van der Waals surface area contributed by atoms with E-state index in [9.17, 15) is 22.8 Å². The van der Waals surface area contributed by atoms with Crippen molar-refractivity contribution in [2.75, 3.05) is 6.54 Å². The summed E-state index contributed by atoms with van der Waals surface area (Å²) in [6, 6.07) is 0. The molecular formula is C8H13F3N2O3. The Morgan fingerprint density at radius 1 is 1.44 bits per heavy atom. The van der Waals surface area contributed by atoms with Crippen molar-refractivity contribution in [2.24, 2.45) is 11.7 Å². The maximum atomic E-state index is 12.3. The summed E-state index contributed by atoms with van der Waals surface area (Å²) < 4.78 is 36.8. The summed E-state index contributed by atoms with van der Waals surface area (Å²) in [4.78, 5) is 21.4. The number of hydrogen-bond donors (Lipinski definition) is 3. The molecule has 0 aromatic heterocycles. The smallest absolute Gasteiger partial charge is 0.415 e. The maximum absolute atomic E-state index is 12.3. The second kappa shape index (κ2) is 4.69. The van der Waals surface area contributed by atoms with Gasteiger partial charge < -0.3 is 16.2 Å². The third-order valence-corrected chi connectivity index (χ3v) is 2.05. The van der Waals surface area contributed by atoms with E-state index in [2.05, 4.69) is 0 Å². The van der Waals surface area contributed by atoms with Crippen LogP contribution >= 0.6 is 0 Å². The normalized spacial score (nSPS) is 17.4. The summed E-state index contributed by atoms with van der Waals surface area (Å²) in [6.07, 6.45) is -4.89. The van der Waals surface area contributed by atoms with Gasteiger partial charge in [-0.25, -0.2) is 0 Å². The fraction of sp³-hybridized carbons (Fsp3) is 0.750. The average molecular weight is 242 g/mol. The van der Waals surface area contributed by atoms with Gasteiger partial charge in [0.15, 0.2) is 5.54 Å². The molecule has 16 heavy (non-hydrogen) atoms. The minimum Gasteiger partial charge on any atom is -0.481 e. The van der Waals surface area contributed by atoms with Crippen molar-refractivity contribution >= 4 is 11.9 Å². The van der Waals surface area contributed by atoms with E-state index in [1.807, 2.05) is 5.32 Å². The lowest BCUT2D eigenvalue weighted by Gasteiger charge is -2.26. The van der Waals surface area contributed by atoms with Gasteiger partial charge in [0.1, 0.15) is 0 Å². The van der Waals surface area contributed by atoms with Crippen LogP contribution in [0, 0.1) is 5.92 Å². The predicted octanol–water partition coefficient (Wildman–Crippen LogP) is 0.103. The quantitative estimate of drug-likeness (QED) is 0.652. The summed E-state index contributed by atoms with van der Waals surface area (Å²) in [5, 5.41) is 10.3. The Morgan fingerprint density at radius 2 is 1.88 bits per heavy atom. The molecule has 0 saturated carbocycles. The van der Waals surface area contributed by atoms with Gasteiger partial charge in [-0.3, -0.25) is 9.59 Å². The molecule has 0 aliphatic carbocycles. The molecule has 0 aromatic carbocycles. The number of nitrogens with one attached hydrogen (secondary N) is 1. The number of carbonyl (C=O) groups is 2. The fourth-order valence-electron chi connectivity index (χ4n) is 0.645. The largest absolute Gasteiger partial charge is 0.481 e. The van der Waals surface area contributed by atoms with Crippen molar-refractivity contribution in [1.29, 1.82) is 0 Å². The number of aliphatic carboxylic acids is 1. The highest BCUT2D eigenvalue weighted by molar-refractivity contribution is 5.87. The van der Waals surface area contributed by atoms with Crippen molar-refractivity contribution in [2.45, 2.75) is 25.6 Å². The molecule has 2 unspecified atom stereocenters. The number of halogens is 3. The van der Waals surface area contributed by atoms with Gasteiger partial charge in [-0.05, 0) is 6.92 Å². The van der Waals surface area contributed by atoms with E-state index in [4.69, 9.17) is 10.8 Å². The van der Waals surface area contributed by atoms with Gasteiger partial charge in [-0.1, -0.05) is 6.92 Å². The SMILES string of the molecule is CC(CNC(=O)C(C)(N)C(F)(F)F)C(=O)O. The molecule has 0 aliphatic rings. The Balaban J connectivity index is 4.44. The third-order valence-electron chi connectivity index (χ3n) is 2.05. The van der Waals surface area contributed by atoms with Crippen LogP contribution in [0.4, 0.5) is 13.2 Å². The molecule has 0 aromatic rings. The number of carboxylic acids is 1. The van der Waals surface area contributed by atoms with E-state index in [1.165, 1.54) is 6.92 Å². The highest BCUT2D eigenvalue weighted by Gasteiger charge is 2.53. The molecule has 4 N–H and O–H groups in total. The zero-order valence-corrected chi connectivity index (χ0v) is 8.76. The lowest BCUT2D eigenvalue weighted by Crippen LogP contribution is -2.61. The Hall–Kier alpha value is -1.31. The monoisotopic (exact) mass is 242 g/mol. The van der Waals surface area contributed by atoms with Crippen LogP contribution in [0.25, 0.3) is 0 Å². The highest BCUT2D eigenvalue weighted by atomic mass is 19.4. The first-order valence-corrected chi connectivity index (χ1v) is 4.37. The number of hydrogen-bond acceptors (Lipinski definition) is 3. The van der Waals surface area contributed by atoms with Crippen LogP contribution in [-0.2, 0) is 9.59 Å². The molecule has 0 heterocycles. The highest BCUT2D eigenvalue weighted by Crippen LogP contribution is 2.27. The first-order valence-electron chi connectivity index (χ1n) is 4.37. The van der Waals surface area contributed by atoms with E-state index in [0.29, 0.717) is 6.92 Å². The number of nitrogens with two attached hydrogens (primary N) is 1. The zero-order valence-electron chi connectivity index (χ0n) is 8.76. The first kappa shape index (κ1) is 14.7. The van der Waals surface area contributed by atoms with Crippen LogP contribution in [0.5, 0.6) is 0 Å². The zero-order chi connectivity index (χ0) is 13.1. The molecular weight excluding hydrogens is 229 g/mol. The topological polar surface area (TPSA) is 92.4 Å². The number of amides is 1. The van der Waals surface area contributed by atoms with E-state index < -0.39 is 36.1 Å². The maximum Gasteiger partial charge on any atom is 0.415 e. The van der Waals surface area contributed by atoms with Crippen molar-refractivity contribution in [3.05, 3.63) is 0 Å². The molecule has 0 rings (SSSR count). The fourth-order valence-corrected chi connectivity index (χ4v) is 0.645. The van der Waals surface area contributed by atoms with Crippen molar-refractivity contribution < 1.29 is 27.9 Å². The molecule has 0 fully saturated rings. The van der Waals surface area contributed by atoms with Crippen LogP contribution in [0.15, 0.2) is 0 Å². The predicted molar refractivity (Wildman–Crippen MR) is 48.5 cm³/mol. The molecule has 0 radical (unpaired) electrons. The first-order chi connectivity index (χ1) is 7.00. The number of alkyl halides is 3. The lowest BCUT2D eigenvalue weighted by atomic mass is 10.0. The summed E-state index contributed by atoms with van der Waals surface area (Å²) >= 11 is 0. The van der Waals surface area contributed by atoms with Crippen LogP contribution in [-0.4, -0.2) is 35.2 Å². The Bertz CT molecular complexity index is 289. The van der Waals surface area contributed by atoms with Crippen molar-refractivity contribution in [1.82, 2.24) is 5.32 Å². The molecule has 1 amide bonds. The Labute approximate surface area is 89.8 Å². The minimum atomic E-state index is -4.89. The molecule has 8 heteroatoms. The number of rotatable bonds is 4. The van der Waals surface area contributed by atoms with E-state index in [0.717, 1.165) is 0 Å². The van der Waals surface area contributed by atoms with Crippen LogP contribution in [0.1, 0.15) is 13.8 Å². The van der Waals surface area contributed by atoms with E-state index in [-0.39, 0.29) is 0 Å². The third kappa shape index (κ3) is 3.37. The van der Waals surface area contributed by atoms with Gasteiger partial charge in [-0.15, -0.1) is 0 Å². The lowest BCUT2D eigenvalue weighted by molar-refractivity contribution is -0.187.